The predicted octanol–water partition coefficient (Wildman–Crippen LogP) is 1.63. The van der Waals surface area contributed by atoms with E-state index in [2.05, 4.69) is 28.5 Å². The van der Waals surface area contributed by atoms with Gasteiger partial charge >= 0.3 is 0 Å². The van der Waals surface area contributed by atoms with Gasteiger partial charge in [-0.25, -0.2) is 0 Å². The number of hydrogen-bond donors (Lipinski definition) is 0. The maximum absolute atomic E-state index is 12.9. The fraction of sp³-hybridized carbons (Fsp3) is 0.500. The summed E-state index contributed by atoms with van der Waals surface area (Å²) >= 11 is 1.80. The first-order valence-corrected chi connectivity index (χ1v) is 8.63. The van der Waals surface area contributed by atoms with Crippen LogP contribution in [-0.4, -0.2) is 58.7 Å². The zero-order chi connectivity index (χ0) is 15.3. The van der Waals surface area contributed by atoms with E-state index in [4.69, 9.17) is 0 Å². The summed E-state index contributed by atoms with van der Waals surface area (Å²) in [5.41, 5.74) is 4.20. The molecule has 2 aromatic heterocycles. The van der Waals surface area contributed by atoms with E-state index in [0.717, 1.165) is 50.3 Å². The highest BCUT2D eigenvalue weighted by atomic mass is 32.1. The molecule has 1 aliphatic carbocycles. The third-order valence-electron chi connectivity index (χ3n) is 4.74. The number of rotatable bonds is 1. The summed E-state index contributed by atoms with van der Waals surface area (Å²) in [6.45, 7) is 3.47. The monoisotopic (exact) mass is 316 g/mol. The minimum atomic E-state index is 0.101. The third kappa shape index (κ3) is 2.09. The highest BCUT2D eigenvalue weighted by Crippen LogP contribution is 2.38. The molecule has 6 heteroatoms. The first-order valence-electron chi connectivity index (χ1n) is 7.75. The van der Waals surface area contributed by atoms with Crippen molar-refractivity contribution in [1.82, 2.24) is 19.6 Å². The molecule has 2 aliphatic rings. The number of aryl methyl sites for hydroxylation is 2. The van der Waals surface area contributed by atoms with Crippen molar-refractivity contribution >= 4 is 17.2 Å². The van der Waals surface area contributed by atoms with E-state index < -0.39 is 0 Å². The number of thiophene rings is 1. The maximum Gasteiger partial charge on any atom is 0.274 e. The third-order valence-corrected chi connectivity index (χ3v) is 5.72. The van der Waals surface area contributed by atoms with Gasteiger partial charge in [-0.15, -0.1) is 11.3 Å². The van der Waals surface area contributed by atoms with Crippen molar-refractivity contribution in [2.75, 3.05) is 33.2 Å². The van der Waals surface area contributed by atoms with Gasteiger partial charge in [0.05, 0.1) is 5.69 Å². The number of hydrogen-bond acceptors (Lipinski definition) is 4. The average Bonchev–Trinajstić information content (AvgIpc) is 3.11. The van der Waals surface area contributed by atoms with Crippen LogP contribution in [0.4, 0.5) is 0 Å². The molecule has 116 valence electrons. The van der Waals surface area contributed by atoms with Crippen molar-refractivity contribution in [1.29, 1.82) is 0 Å². The molecule has 0 spiro atoms. The van der Waals surface area contributed by atoms with Crippen molar-refractivity contribution in [3.05, 3.63) is 27.6 Å². The van der Waals surface area contributed by atoms with Gasteiger partial charge in [-0.3, -0.25) is 9.48 Å². The van der Waals surface area contributed by atoms with Gasteiger partial charge in [-0.2, -0.15) is 5.10 Å². The van der Waals surface area contributed by atoms with Gasteiger partial charge in [-0.05, 0) is 31.3 Å². The molecule has 2 aromatic rings. The normalized spacial score (nSPS) is 18.2. The maximum atomic E-state index is 12.9. The van der Waals surface area contributed by atoms with Crippen molar-refractivity contribution in [2.24, 2.45) is 7.05 Å². The molecule has 1 aliphatic heterocycles. The number of likely N-dealkylation sites (N-methyl/N-ethyl adjacent to an activating group) is 1. The smallest absolute Gasteiger partial charge is 0.274 e. The Kier molecular flexibility index (Phi) is 3.31. The summed E-state index contributed by atoms with van der Waals surface area (Å²) in [7, 11) is 4.05. The van der Waals surface area contributed by atoms with E-state index in [9.17, 15) is 4.79 Å². The van der Waals surface area contributed by atoms with Crippen molar-refractivity contribution in [2.45, 2.75) is 12.8 Å². The Morgan fingerprint density at radius 3 is 2.73 bits per heavy atom. The first-order chi connectivity index (χ1) is 10.6. The molecule has 0 aromatic carbocycles. The summed E-state index contributed by atoms with van der Waals surface area (Å²) in [5, 5.41) is 6.72. The van der Waals surface area contributed by atoms with Crippen LogP contribution in [-0.2, 0) is 19.9 Å². The summed E-state index contributed by atoms with van der Waals surface area (Å²) in [5.74, 6) is 0.101. The average molecular weight is 316 g/mol. The lowest BCUT2D eigenvalue weighted by atomic mass is 9.94. The van der Waals surface area contributed by atoms with E-state index in [-0.39, 0.29) is 5.91 Å². The Labute approximate surface area is 134 Å². The molecule has 3 heterocycles. The first kappa shape index (κ1) is 14.0. The Bertz CT molecular complexity index is 725. The molecule has 0 saturated carbocycles. The number of amides is 1. The predicted molar refractivity (Wildman–Crippen MR) is 87.3 cm³/mol. The Morgan fingerprint density at radius 1 is 1.18 bits per heavy atom. The van der Waals surface area contributed by atoms with E-state index in [1.807, 2.05) is 16.6 Å². The Morgan fingerprint density at radius 2 is 1.95 bits per heavy atom. The lowest BCUT2D eigenvalue weighted by Gasteiger charge is -2.32. The standard InChI is InChI=1S/C16H20N4OS/c1-18-6-8-20(9-7-18)16(21)14-12-3-4-13-11(5-10-22-13)15(12)19(2)17-14/h5,10H,3-4,6-9H2,1-2H3. The highest BCUT2D eigenvalue weighted by Gasteiger charge is 2.30. The zero-order valence-corrected chi connectivity index (χ0v) is 13.8. The van der Waals surface area contributed by atoms with Gasteiger partial charge < -0.3 is 9.80 Å². The zero-order valence-electron chi connectivity index (χ0n) is 13.0. The molecule has 4 rings (SSSR count). The number of carbonyl (C=O) groups is 1. The molecular weight excluding hydrogens is 296 g/mol. The quantitative estimate of drug-likeness (QED) is 0.803. The topological polar surface area (TPSA) is 41.4 Å². The van der Waals surface area contributed by atoms with Crippen molar-refractivity contribution in [3.63, 3.8) is 0 Å². The van der Waals surface area contributed by atoms with Crippen LogP contribution >= 0.6 is 11.3 Å². The molecule has 0 bridgehead atoms. The van der Waals surface area contributed by atoms with Crippen LogP contribution in [0.15, 0.2) is 11.4 Å². The Hall–Kier alpha value is -1.66. The summed E-state index contributed by atoms with van der Waals surface area (Å²) in [6, 6.07) is 2.16. The highest BCUT2D eigenvalue weighted by molar-refractivity contribution is 7.10. The van der Waals surface area contributed by atoms with Crippen LogP contribution in [0.25, 0.3) is 11.3 Å². The molecule has 0 radical (unpaired) electrons. The van der Waals surface area contributed by atoms with Crippen molar-refractivity contribution < 1.29 is 4.79 Å². The lowest BCUT2D eigenvalue weighted by Crippen LogP contribution is -2.47. The number of fused-ring (bicyclic) bond motifs is 3. The summed E-state index contributed by atoms with van der Waals surface area (Å²) in [4.78, 5) is 18.5. The fourth-order valence-electron chi connectivity index (χ4n) is 3.46. The molecule has 0 atom stereocenters. The van der Waals surface area contributed by atoms with Crippen LogP contribution in [0.1, 0.15) is 20.9 Å². The molecule has 0 unspecified atom stereocenters. The Balaban J connectivity index is 1.70. The molecule has 1 amide bonds. The number of aromatic nitrogens is 2. The minimum Gasteiger partial charge on any atom is -0.335 e. The number of carbonyl (C=O) groups excluding carboxylic acids is 1. The van der Waals surface area contributed by atoms with E-state index in [1.165, 1.54) is 10.4 Å². The van der Waals surface area contributed by atoms with Crippen LogP contribution in [0, 0.1) is 0 Å². The second kappa shape index (κ2) is 5.21. The fourth-order valence-corrected chi connectivity index (χ4v) is 4.34. The van der Waals surface area contributed by atoms with Gasteiger partial charge in [0.25, 0.3) is 5.91 Å². The van der Waals surface area contributed by atoms with Gasteiger partial charge in [0.15, 0.2) is 5.69 Å². The molecule has 5 nitrogen and oxygen atoms in total. The van der Waals surface area contributed by atoms with Gasteiger partial charge in [0, 0.05) is 49.2 Å². The number of nitrogens with zero attached hydrogens (tertiary/aromatic N) is 4. The SMILES string of the molecule is CN1CCN(C(=O)c2nn(C)c3c2CCc2sccc2-3)CC1. The van der Waals surface area contributed by atoms with E-state index in [1.54, 1.807) is 11.3 Å². The van der Waals surface area contributed by atoms with Gasteiger partial charge in [-0.1, -0.05) is 0 Å². The summed E-state index contributed by atoms with van der Waals surface area (Å²) in [6.07, 6.45) is 1.94. The van der Waals surface area contributed by atoms with Crippen LogP contribution in [0.3, 0.4) is 0 Å². The van der Waals surface area contributed by atoms with Crippen LogP contribution < -0.4 is 0 Å². The number of piperazine rings is 1. The second-order valence-electron chi connectivity index (χ2n) is 6.15. The van der Waals surface area contributed by atoms with Crippen molar-refractivity contribution in [3.8, 4) is 11.3 Å². The molecule has 1 saturated heterocycles. The molecule has 1 fully saturated rings. The second-order valence-corrected chi connectivity index (χ2v) is 7.15. The minimum absolute atomic E-state index is 0.101. The van der Waals surface area contributed by atoms with E-state index in [0.29, 0.717) is 5.69 Å². The van der Waals surface area contributed by atoms with Gasteiger partial charge in [0.1, 0.15) is 0 Å². The lowest BCUT2D eigenvalue weighted by molar-refractivity contribution is 0.0656. The largest absolute Gasteiger partial charge is 0.335 e. The van der Waals surface area contributed by atoms with E-state index >= 15 is 0 Å². The van der Waals surface area contributed by atoms with Crippen LogP contribution in [0.5, 0.6) is 0 Å². The molecule has 0 N–H and O–H groups in total. The molecule has 22 heavy (non-hydrogen) atoms. The molecular formula is C16H20N4OS. The summed E-state index contributed by atoms with van der Waals surface area (Å²) < 4.78 is 1.89. The van der Waals surface area contributed by atoms with Crippen LogP contribution in [0.2, 0.25) is 0 Å². The van der Waals surface area contributed by atoms with Gasteiger partial charge in [0.2, 0.25) is 0 Å².